The van der Waals surface area contributed by atoms with Gasteiger partial charge in [-0.3, -0.25) is 0 Å². The smallest absolute Gasteiger partial charge is 0.338 e. The van der Waals surface area contributed by atoms with Crippen LogP contribution in [0.4, 0.5) is 0 Å². The van der Waals surface area contributed by atoms with Crippen molar-refractivity contribution in [2.24, 2.45) is 22.9 Å². The summed E-state index contributed by atoms with van der Waals surface area (Å²) in [6, 6.07) is 21.1. The predicted molar refractivity (Wildman–Crippen MR) is 191 cm³/mol. The van der Waals surface area contributed by atoms with Gasteiger partial charge in [-0.25, -0.2) is 14.4 Å². The molecule has 0 amide bonds. The highest BCUT2D eigenvalue weighted by Crippen LogP contribution is 2.34. The van der Waals surface area contributed by atoms with E-state index in [4.69, 9.17) is 56.1 Å². The highest BCUT2D eigenvalue weighted by Gasteiger charge is 2.55. The first-order chi connectivity index (χ1) is 26.5. The summed E-state index contributed by atoms with van der Waals surface area (Å²) in [4.78, 5) is 39.5. The number of carbonyl (C=O) groups excluding carboxylic acids is 3. The number of rotatable bonds is 12. The zero-order chi connectivity index (χ0) is 39.2. The topological polar surface area (TPSA) is 281 Å². The second-order valence-electron chi connectivity index (χ2n) is 13.5. The first-order valence-electron chi connectivity index (χ1n) is 17.8. The average Bonchev–Trinajstić information content (AvgIpc) is 3.52. The molecule has 17 heteroatoms. The van der Waals surface area contributed by atoms with Crippen LogP contribution in [0.15, 0.2) is 91.0 Å². The summed E-state index contributed by atoms with van der Waals surface area (Å²) in [6.45, 7) is -0.865. The van der Waals surface area contributed by atoms with Crippen molar-refractivity contribution < 1.29 is 62.9 Å². The highest BCUT2D eigenvalue weighted by atomic mass is 16.7. The number of esters is 3. The fraction of sp³-hybridized carbons (Fsp3) is 0.447. The van der Waals surface area contributed by atoms with Crippen LogP contribution in [-0.4, -0.2) is 132 Å². The van der Waals surface area contributed by atoms with E-state index in [-0.39, 0.29) is 29.7 Å². The lowest BCUT2D eigenvalue weighted by molar-refractivity contribution is -0.301. The summed E-state index contributed by atoms with van der Waals surface area (Å²) in [6.07, 6.45) is -14.9. The zero-order valence-corrected chi connectivity index (χ0v) is 29.6. The monoisotopic (exact) mass is 766 g/mol. The third-order valence-corrected chi connectivity index (χ3v) is 9.80. The standard InChI is InChI=1S/C38H46N4O13/c39-17-24-31(51-34(46)19-10-4-1-5-11-19)33(53-36(48)21-14-8-3-9-15-21)38(49-24)55-30-23(41)16-22(40)29(28(30)45)54-37-26(42)32(27(44)25(18-43)50-37)52-35(47)20-12-6-2-7-13-20/h1-15,22-33,37-38,43-45H,16-18,39-42H2. The van der Waals surface area contributed by atoms with E-state index in [1.54, 1.807) is 66.7 Å². The molecule has 2 heterocycles. The van der Waals surface area contributed by atoms with Gasteiger partial charge in [-0.05, 0) is 42.8 Å². The molecule has 2 saturated heterocycles. The molecule has 55 heavy (non-hydrogen) atoms. The molecule has 1 aliphatic carbocycles. The number of carbonyl (C=O) groups is 3. The molecule has 0 radical (unpaired) electrons. The Morgan fingerprint density at radius 2 is 1.00 bits per heavy atom. The molecule has 3 aromatic rings. The first-order valence-corrected chi connectivity index (χ1v) is 17.8. The fourth-order valence-electron chi connectivity index (χ4n) is 6.86. The van der Waals surface area contributed by atoms with Crippen molar-refractivity contribution in [1.29, 1.82) is 0 Å². The number of nitrogens with two attached hydrogens (primary N) is 4. The predicted octanol–water partition coefficient (Wildman–Crippen LogP) is -1.06. The van der Waals surface area contributed by atoms with Gasteiger partial charge in [0.15, 0.2) is 30.9 Å². The maximum absolute atomic E-state index is 13.4. The number of hydrogen-bond acceptors (Lipinski definition) is 17. The number of hydrogen-bond donors (Lipinski definition) is 7. The van der Waals surface area contributed by atoms with Crippen LogP contribution < -0.4 is 22.9 Å². The number of aliphatic hydroxyl groups is 3. The van der Waals surface area contributed by atoms with Crippen molar-refractivity contribution in [3.63, 3.8) is 0 Å². The van der Waals surface area contributed by atoms with E-state index in [0.29, 0.717) is 0 Å². The molecule has 2 aliphatic heterocycles. The normalized spacial score (nSPS) is 34.7. The van der Waals surface area contributed by atoms with Crippen molar-refractivity contribution in [1.82, 2.24) is 0 Å². The molecule has 0 spiro atoms. The molecule has 3 fully saturated rings. The lowest BCUT2D eigenvalue weighted by atomic mass is 9.84. The van der Waals surface area contributed by atoms with Gasteiger partial charge in [0.2, 0.25) is 0 Å². The molecule has 3 aliphatic rings. The van der Waals surface area contributed by atoms with Crippen molar-refractivity contribution in [2.45, 2.75) is 92.1 Å². The van der Waals surface area contributed by atoms with Gasteiger partial charge in [0, 0.05) is 18.6 Å². The molecule has 17 nitrogen and oxygen atoms in total. The second kappa shape index (κ2) is 18.1. The molecule has 6 rings (SSSR count). The van der Waals surface area contributed by atoms with Crippen molar-refractivity contribution in [3.8, 4) is 0 Å². The van der Waals surface area contributed by atoms with Crippen molar-refractivity contribution in [3.05, 3.63) is 108 Å². The maximum Gasteiger partial charge on any atom is 0.338 e. The van der Waals surface area contributed by atoms with E-state index >= 15 is 0 Å². The van der Waals surface area contributed by atoms with Gasteiger partial charge in [0.05, 0.1) is 29.3 Å². The van der Waals surface area contributed by atoms with E-state index in [9.17, 15) is 29.7 Å². The second-order valence-corrected chi connectivity index (χ2v) is 13.5. The molecule has 1 saturated carbocycles. The van der Waals surface area contributed by atoms with Crippen molar-refractivity contribution in [2.75, 3.05) is 13.2 Å². The molecule has 14 atom stereocenters. The van der Waals surface area contributed by atoms with Gasteiger partial charge in [0.25, 0.3) is 0 Å². The minimum Gasteiger partial charge on any atom is -0.454 e. The van der Waals surface area contributed by atoms with Gasteiger partial charge in [-0.1, -0.05) is 54.6 Å². The van der Waals surface area contributed by atoms with E-state index in [0.717, 1.165) is 0 Å². The largest absolute Gasteiger partial charge is 0.454 e. The molecule has 11 N–H and O–H groups in total. The Kier molecular flexibility index (Phi) is 13.2. The van der Waals surface area contributed by atoms with Crippen molar-refractivity contribution >= 4 is 17.9 Å². The van der Waals surface area contributed by atoms with Gasteiger partial charge in [0.1, 0.15) is 36.6 Å². The summed E-state index contributed by atoms with van der Waals surface area (Å²) in [7, 11) is 0. The fourth-order valence-corrected chi connectivity index (χ4v) is 6.86. The summed E-state index contributed by atoms with van der Waals surface area (Å²) in [5.74, 6) is -2.29. The highest BCUT2D eigenvalue weighted by molar-refractivity contribution is 5.90. The van der Waals surface area contributed by atoms with Gasteiger partial charge < -0.3 is 71.4 Å². The average molecular weight is 767 g/mol. The Morgan fingerprint density at radius 3 is 1.45 bits per heavy atom. The van der Waals surface area contributed by atoms with Crippen LogP contribution in [0, 0.1) is 0 Å². The minimum atomic E-state index is -1.60. The Morgan fingerprint density at radius 1 is 0.582 bits per heavy atom. The lowest BCUT2D eigenvalue weighted by Gasteiger charge is -2.47. The van der Waals surface area contributed by atoms with Crippen LogP contribution in [0.25, 0.3) is 0 Å². The van der Waals surface area contributed by atoms with Crippen LogP contribution >= 0.6 is 0 Å². The Hall–Kier alpha value is -4.37. The van der Waals surface area contributed by atoms with Crippen LogP contribution in [-0.2, 0) is 33.2 Å². The van der Waals surface area contributed by atoms with E-state index in [2.05, 4.69) is 0 Å². The number of benzene rings is 3. The minimum absolute atomic E-state index is 0.0285. The van der Waals surface area contributed by atoms with Crippen LogP contribution in [0.3, 0.4) is 0 Å². The van der Waals surface area contributed by atoms with Crippen LogP contribution in [0.2, 0.25) is 0 Å². The molecular weight excluding hydrogens is 720 g/mol. The molecule has 14 unspecified atom stereocenters. The number of aliphatic hydroxyl groups excluding tert-OH is 3. The third-order valence-electron chi connectivity index (χ3n) is 9.80. The third kappa shape index (κ3) is 9.04. The number of ether oxygens (including phenoxy) is 7. The van der Waals surface area contributed by atoms with Gasteiger partial charge in [-0.15, -0.1) is 0 Å². The zero-order valence-electron chi connectivity index (χ0n) is 29.6. The Balaban J connectivity index is 1.21. The summed E-state index contributed by atoms with van der Waals surface area (Å²) >= 11 is 0. The molecule has 3 aromatic carbocycles. The SMILES string of the molecule is NCC1OC(OC2C(N)CC(N)C(OC3OC(CO)C(O)C(OC(=O)c4ccccc4)C3N)C2O)C(OC(=O)c2ccccc2)C1OC(=O)c1ccccc1. The molecular formula is C38H46N4O13. The van der Waals surface area contributed by atoms with Gasteiger partial charge >= 0.3 is 17.9 Å². The van der Waals surface area contributed by atoms with E-state index < -0.39 is 110 Å². The molecule has 296 valence electrons. The summed E-state index contributed by atoms with van der Waals surface area (Å²) in [5.41, 5.74) is 26.0. The lowest BCUT2D eigenvalue weighted by Crippen LogP contribution is -2.68. The Labute approximate surface area is 316 Å². The van der Waals surface area contributed by atoms with E-state index in [1.165, 1.54) is 24.3 Å². The summed E-state index contributed by atoms with van der Waals surface area (Å²) in [5, 5.41) is 32.7. The maximum atomic E-state index is 13.4. The summed E-state index contributed by atoms with van der Waals surface area (Å²) < 4.78 is 41.5. The molecule has 0 aromatic heterocycles. The van der Waals surface area contributed by atoms with Crippen LogP contribution in [0.1, 0.15) is 37.5 Å². The van der Waals surface area contributed by atoms with Crippen LogP contribution in [0.5, 0.6) is 0 Å². The Bertz CT molecular complexity index is 1730. The quantitative estimate of drug-likeness (QED) is 0.0855. The molecule has 0 bridgehead atoms. The van der Waals surface area contributed by atoms with E-state index in [1.807, 2.05) is 0 Å². The van der Waals surface area contributed by atoms with Gasteiger partial charge in [-0.2, -0.15) is 0 Å². The first kappa shape index (κ1) is 40.3.